The van der Waals surface area contributed by atoms with E-state index < -0.39 is 38.2 Å². The molecule has 17 heavy (non-hydrogen) atoms. The molecule has 0 amide bonds. The second-order valence-electron chi connectivity index (χ2n) is 2.79. The Hall–Kier alpha value is -1.07. The summed E-state index contributed by atoms with van der Waals surface area (Å²) < 4.78 is 60.9. The van der Waals surface area contributed by atoms with Crippen LogP contribution in [0.5, 0.6) is 0 Å². The Morgan fingerprint density at radius 3 is 2.29 bits per heavy atom. The van der Waals surface area contributed by atoms with Crippen LogP contribution in [0.15, 0.2) is 6.07 Å². The van der Waals surface area contributed by atoms with E-state index in [1.807, 2.05) is 0 Å². The third kappa shape index (κ3) is 2.98. The van der Waals surface area contributed by atoms with Gasteiger partial charge >= 0.3 is 11.9 Å². The molecule has 1 aromatic heterocycles. The van der Waals surface area contributed by atoms with Gasteiger partial charge in [0, 0.05) is 0 Å². The van der Waals surface area contributed by atoms with Crippen LogP contribution in [0, 0.1) is 13.8 Å². The third-order valence-electron chi connectivity index (χ3n) is 1.69. The van der Waals surface area contributed by atoms with E-state index in [0.29, 0.717) is 0 Å². The van der Waals surface area contributed by atoms with Gasteiger partial charge in [-0.1, -0.05) is 0 Å². The number of halogens is 6. The summed E-state index contributed by atoms with van der Waals surface area (Å²) in [6.07, 6.45) is -8.31. The van der Waals surface area contributed by atoms with E-state index in [9.17, 15) is 32.1 Å². The first-order chi connectivity index (χ1) is 7.64. The third-order valence-corrected chi connectivity index (χ3v) is 2.44. The largest absolute Gasteiger partial charge is 0.433 e. The standard InChI is InChI=1S/C7H2F5IN2O2/c8-5(9)2-1-3(7(10,11)12)14-6(13)4(2)15(16)17/h1,5H. The van der Waals surface area contributed by atoms with E-state index in [2.05, 4.69) is 4.98 Å². The predicted octanol–water partition coefficient (Wildman–Crippen LogP) is 3.55. The molecule has 0 aliphatic heterocycles. The molecule has 1 heterocycles. The van der Waals surface area contributed by atoms with E-state index in [0.717, 1.165) is 22.6 Å². The van der Waals surface area contributed by atoms with E-state index in [-0.39, 0.29) is 6.07 Å². The molecule has 0 N–H and O–H groups in total. The molecule has 0 spiro atoms. The van der Waals surface area contributed by atoms with Crippen LogP contribution in [-0.2, 0) is 6.18 Å². The monoisotopic (exact) mass is 368 g/mol. The van der Waals surface area contributed by atoms with Gasteiger partial charge in [0.2, 0.25) is 0 Å². The Labute approximate surface area is 104 Å². The van der Waals surface area contributed by atoms with Crippen LogP contribution in [0.3, 0.4) is 0 Å². The highest BCUT2D eigenvalue weighted by Crippen LogP contribution is 2.37. The van der Waals surface area contributed by atoms with Gasteiger partial charge in [0.25, 0.3) is 6.43 Å². The highest BCUT2D eigenvalue weighted by molar-refractivity contribution is 14.1. The first-order valence-corrected chi connectivity index (χ1v) is 4.92. The highest BCUT2D eigenvalue weighted by Gasteiger charge is 2.37. The lowest BCUT2D eigenvalue weighted by molar-refractivity contribution is -0.387. The van der Waals surface area contributed by atoms with Gasteiger partial charge in [-0.05, 0) is 28.7 Å². The van der Waals surface area contributed by atoms with Crippen molar-refractivity contribution in [3.05, 3.63) is 31.1 Å². The van der Waals surface area contributed by atoms with Gasteiger partial charge in [0.05, 0.1) is 4.92 Å². The molecule has 0 fully saturated rings. The van der Waals surface area contributed by atoms with Crippen molar-refractivity contribution in [2.75, 3.05) is 0 Å². The van der Waals surface area contributed by atoms with E-state index in [1.165, 1.54) is 0 Å². The van der Waals surface area contributed by atoms with Crippen molar-refractivity contribution in [3.8, 4) is 0 Å². The second-order valence-corrected chi connectivity index (χ2v) is 3.81. The molecule has 0 aromatic carbocycles. The van der Waals surface area contributed by atoms with Gasteiger partial charge < -0.3 is 0 Å². The maximum Gasteiger partial charge on any atom is 0.433 e. The molecule has 4 nitrogen and oxygen atoms in total. The van der Waals surface area contributed by atoms with Crippen LogP contribution in [-0.4, -0.2) is 9.91 Å². The molecule has 1 aromatic rings. The minimum absolute atomic E-state index is 0.00897. The lowest BCUT2D eigenvalue weighted by Gasteiger charge is -2.09. The van der Waals surface area contributed by atoms with Crippen molar-refractivity contribution in [2.45, 2.75) is 12.6 Å². The number of hydrogen-bond acceptors (Lipinski definition) is 3. The average molecular weight is 368 g/mol. The summed E-state index contributed by atoms with van der Waals surface area (Å²) in [5.74, 6) is 0. The molecule has 0 bridgehead atoms. The molecular formula is C7H2F5IN2O2. The van der Waals surface area contributed by atoms with Crippen molar-refractivity contribution in [1.82, 2.24) is 4.98 Å². The van der Waals surface area contributed by atoms with Crippen LogP contribution >= 0.6 is 22.6 Å². The maximum absolute atomic E-state index is 12.4. The normalized spacial score (nSPS) is 11.9. The number of alkyl halides is 5. The van der Waals surface area contributed by atoms with Crippen molar-refractivity contribution in [2.24, 2.45) is 0 Å². The first kappa shape index (κ1) is 14.0. The summed E-state index contributed by atoms with van der Waals surface area (Å²) in [7, 11) is 0. The number of rotatable bonds is 2. The highest BCUT2D eigenvalue weighted by atomic mass is 127. The van der Waals surface area contributed by atoms with Crippen LogP contribution in [0.25, 0.3) is 0 Å². The number of nitrogens with zero attached hydrogens (tertiary/aromatic N) is 2. The van der Waals surface area contributed by atoms with Crippen LogP contribution in [0.1, 0.15) is 17.7 Å². The molecule has 0 saturated carbocycles. The fraction of sp³-hybridized carbons (Fsp3) is 0.286. The van der Waals surface area contributed by atoms with Crippen LogP contribution in [0.2, 0.25) is 0 Å². The molecule has 0 atom stereocenters. The molecule has 94 valence electrons. The Morgan fingerprint density at radius 2 is 1.94 bits per heavy atom. The van der Waals surface area contributed by atoms with Crippen molar-refractivity contribution >= 4 is 28.3 Å². The number of aromatic nitrogens is 1. The topological polar surface area (TPSA) is 56.0 Å². The molecule has 0 aliphatic carbocycles. The second kappa shape index (κ2) is 4.66. The Morgan fingerprint density at radius 1 is 1.41 bits per heavy atom. The van der Waals surface area contributed by atoms with Crippen molar-refractivity contribution < 1.29 is 26.9 Å². The van der Waals surface area contributed by atoms with Gasteiger partial charge in [-0.25, -0.2) is 13.8 Å². The molecule has 0 aliphatic rings. The molecule has 0 saturated heterocycles. The summed E-state index contributed by atoms with van der Waals surface area (Å²) in [6.45, 7) is 0. The lowest BCUT2D eigenvalue weighted by Crippen LogP contribution is -2.12. The summed E-state index contributed by atoms with van der Waals surface area (Å²) >= 11 is 1.11. The number of nitro groups is 1. The van der Waals surface area contributed by atoms with Gasteiger partial charge in [0.15, 0.2) is 3.70 Å². The van der Waals surface area contributed by atoms with E-state index >= 15 is 0 Å². The van der Waals surface area contributed by atoms with Gasteiger partial charge in [-0.3, -0.25) is 10.1 Å². The minimum atomic E-state index is -4.93. The Bertz CT molecular complexity index is 462. The molecular weight excluding hydrogens is 366 g/mol. The minimum Gasteiger partial charge on any atom is -0.258 e. The quantitative estimate of drug-likeness (QED) is 0.264. The molecule has 0 unspecified atom stereocenters. The number of pyridine rings is 1. The zero-order chi connectivity index (χ0) is 13.4. The number of hydrogen-bond donors (Lipinski definition) is 0. The van der Waals surface area contributed by atoms with Crippen LogP contribution in [0.4, 0.5) is 27.6 Å². The summed E-state index contributed by atoms with van der Waals surface area (Å²) in [5, 5.41) is 10.5. The summed E-state index contributed by atoms with van der Waals surface area (Å²) in [6, 6.07) is -0.00897. The SMILES string of the molecule is O=[N+]([O-])c1c(C(F)F)cc(C(F)(F)F)nc1I. The molecule has 10 heteroatoms. The van der Waals surface area contributed by atoms with Crippen molar-refractivity contribution in [1.29, 1.82) is 0 Å². The van der Waals surface area contributed by atoms with E-state index in [1.54, 1.807) is 0 Å². The predicted molar refractivity (Wildman–Crippen MR) is 53.6 cm³/mol. The van der Waals surface area contributed by atoms with Gasteiger partial charge in [-0.15, -0.1) is 0 Å². The fourth-order valence-corrected chi connectivity index (χ4v) is 1.79. The van der Waals surface area contributed by atoms with Crippen LogP contribution < -0.4 is 0 Å². The fourth-order valence-electron chi connectivity index (χ4n) is 1.02. The van der Waals surface area contributed by atoms with Gasteiger partial charge in [0.1, 0.15) is 11.3 Å². The average Bonchev–Trinajstić information content (AvgIpc) is 2.13. The molecule has 1 rings (SSSR count). The molecule has 0 radical (unpaired) electrons. The zero-order valence-electron chi connectivity index (χ0n) is 7.63. The summed E-state index contributed by atoms with van der Waals surface area (Å²) in [4.78, 5) is 12.2. The van der Waals surface area contributed by atoms with Gasteiger partial charge in [-0.2, -0.15) is 13.2 Å². The lowest BCUT2D eigenvalue weighted by atomic mass is 10.2. The zero-order valence-corrected chi connectivity index (χ0v) is 9.79. The first-order valence-electron chi connectivity index (χ1n) is 3.84. The Kier molecular flexibility index (Phi) is 3.84. The van der Waals surface area contributed by atoms with E-state index in [4.69, 9.17) is 0 Å². The maximum atomic E-state index is 12.4. The Balaban J connectivity index is 3.52. The summed E-state index contributed by atoms with van der Waals surface area (Å²) in [5.41, 5.74) is -3.97. The smallest absolute Gasteiger partial charge is 0.258 e. The van der Waals surface area contributed by atoms with Crippen molar-refractivity contribution in [3.63, 3.8) is 0 Å².